The third-order valence-electron chi connectivity index (χ3n) is 4.26. The summed E-state index contributed by atoms with van der Waals surface area (Å²) in [6, 6.07) is 7.75. The molecule has 2 N–H and O–H groups in total. The number of carboxylic acid groups (broad SMARTS) is 1. The molecule has 2 rings (SSSR count). The first-order valence-electron chi connectivity index (χ1n) is 7.45. The highest BCUT2D eigenvalue weighted by Crippen LogP contribution is 2.31. The van der Waals surface area contributed by atoms with Crippen molar-refractivity contribution in [3.8, 4) is 0 Å². The van der Waals surface area contributed by atoms with Crippen molar-refractivity contribution >= 4 is 23.3 Å². The molecule has 116 valence electrons. The van der Waals surface area contributed by atoms with Crippen LogP contribution >= 0.6 is 11.6 Å². The summed E-state index contributed by atoms with van der Waals surface area (Å²) >= 11 is 6.16. The average molecular weight is 311 g/mol. The van der Waals surface area contributed by atoms with Crippen LogP contribution in [0.1, 0.15) is 33.1 Å². The zero-order chi connectivity index (χ0) is 15.5. The van der Waals surface area contributed by atoms with Crippen LogP contribution in [0.25, 0.3) is 0 Å². The lowest BCUT2D eigenvalue weighted by Crippen LogP contribution is -2.47. The van der Waals surface area contributed by atoms with Crippen LogP contribution < -0.4 is 5.32 Å². The molecular weight excluding hydrogens is 288 g/mol. The smallest absolute Gasteiger partial charge is 0.329 e. The Hall–Kier alpha value is -1.26. The molecule has 0 radical (unpaired) electrons. The second-order valence-corrected chi connectivity index (χ2v) is 6.38. The van der Waals surface area contributed by atoms with E-state index in [1.54, 1.807) is 6.07 Å². The zero-order valence-corrected chi connectivity index (χ0v) is 13.4. The molecule has 0 spiro atoms. The van der Waals surface area contributed by atoms with Gasteiger partial charge in [-0.3, -0.25) is 0 Å². The van der Waals surface area contributed by atoms with Gasteiger partial charge in [0.05, 0.1) is 10.7 Å². The van der Waals surface area contributed by atoms with Crippen molar-refractivity contribution in [2.45, 2.75) is 44.7 Å². The van der Waals surface area contributed by atoms with E-state index in [1.807, 2.05) is 18.2 Å². The van der Waals surface area contributed by atoms with Gasteiger partial charge >= 0.3 is 5.97 Å². The van der Waals surface area contributed by atoms with Gasteiger partial charge in [-0.25, -0.2) is 4.79 Å². The van der Waals surface area contributed by atoms with E-state index in [4.69, 9.17) is 11.6 Å². The fraction of sp³-hybridized carbons (Fsp3) is 0.562. The van der Waals surface area contributed by atoms with Gasteiger partial charge in [0, 0.05) is 12.6 Å². The van der Waals surface area contributed by atoms with Crippen LogP contribution in [0, 0.1) is 0 Å². The van der Waals surface area contributed by atoms with E-state index in [9.17, 15) is 9.90 Å². The maximum Gasteiger partial charge on any atom is 0.329 e. The predicted octanol–water partition coefficient (Wildman–Crippen LogP) is 3.47. The van der Waals surface area contributed by atoms with Crippen molar-refractivity contribution < 1.29 is 9.90 Å². The molecule has 4 nitrogen and oxygen atoms in total. The minimum absolute atomic E-state index is 0.440. The summed E-state index contributed by atoms with van der Waals surface area (Å²) in [5.41, 5.74) is -0.242. The van der Waals surface area contributed by atoms with Gasteiger partial charge in [-0.1, -0.05) is 23.7 Å². The molecule has 21 heavy (non-hydrogen) atoms. The number of carboxylic acids is 1. The number of hydrogen-bond donors (Lipinski definition) is 2. The van der Waals surface area contributed by atoms with E-state index < -0.39 is 11.5 Å². The van der Waals surface area contributed by atoms with E-state index in [2.05, 4.69) is 24.1 Å². The fourth-order valence-electron chi connectivity index (χ4n) is 2.88. The maximum atomic E-state index is 11.9. The van der Waals surface area contributed by atoms with E-state index in [0.717, 1.165) is 19.5 Å². The number of anilines is 1. The van der Waals surface area contributed by atoms with Crippen LogP contribution in [0.3, 0.4) is 0 Å². The maximum absolute atomic E-state index is 11.9. The van der Waals surface area contributed by atoms with Crippen molar-refractivity contribution in [1.82, 2.24) is 4.90 Å². The fourth-order valence-corrected chi connectivity index (χ4v) is 3.07. The standard InChI is InChI=1S/C16H23ClN2O2/c1-12(2)19-10-5-8-16(9-11-19,15(20)21)18-14-7-4-3-6-13(14)17/h3-4,6-7,12,18H,5,8-11H2,1-2H3,(H,20,21). The largest absolute Gasteiger partial charge is 0.480 e. The van der Waals surface area contributed by atoms with Crippen molar-refractivity contribution in [1.29, 1.82) is 0 Å². The number of likely N-dealkylation sites (tertiary alicyclic amines) is 1. The molecule has 1 atom stereocenters. The number of rotatable bonds is 4. The van der Waals surface area contributed by atoms with Crippen LogP contribution in [0.5, 0.6) is 0 Å². The lowest BCUT2D eigenvalue weighted by molar-refractivity contribution is -0.142. The normalized spacial score (nSPS) is 23.8. The molecule has 1 aliphatic rings. The highest BCUT2D eigenvalue weighted by atomic mass is 35.5. The highest BCUT2D eigenvalue weighted by molar-refractivity contribution is 6.33. The molecule has 0 saturated carbocycles. The van der Waals surface area contributed by atoms with Gasteiger partial charge in [0.15, 0.2) is 0 Å². The molecule has 1 unspecified atom stereocenters. The minimum atomic E-state index is -0.936. The number of benzene rings is 1. The molecule has 1 aliphatic heterocycles. The molecule has 0 amide bonds. The lowest BCUT2D eigenvalue weighted by atomic mass is 9.90. The molecular formula is C16H23ClN2O2. The van der Waals surface area contributed by atoms with Crippen molar-refractivity contribution in [3.05, 3.63) is 29.3 Å². The Morgan fingerprint density at radius 2 is 2.05 bits per heavy atom. The Bertz CT molecular complexity index is 507. The van der Waals surface area contributed by atoms with E-state index >= 15 is 0 Å². The molecule has 0 aromatic heterocycles. The zero-order valence-electron chi connectivity index (χ0n) is 12.6. The molecule has 0 bridgehead atoms. The van der Waals surface area contributed by atoms with E-state index in [-0.39, 0.29) is 0 Å². The Balaban J connectivity index is 2.21. The SMILES string of the molecule is CC(C)N1CCCC(Nc2ccccc2Cl)(C(=O)O)CC1. The van der Waals surface area contributed by atoms with Gasteiger partial charge in [-0.15, -0.1) is 0 Å². The predicted molar refractivity (Wildman–Crippen MR) is 86.0 cm³/mol. The Morgan fingerprint density at radius 3 is 2.67 bits per heavy atom. The molecule has 1 saturated heterocycles. The van der Waals surface area contributed by atoms with Gasteiger partial charge in [0.25, 0.3) is 0 Å². The van der Waals surface area contributed by atoms with Crippen molar-refractivity contribution in [2.24, 2.45) is 0 Å². The average Bonchev–Trinajstić information content (AvgIpc) is 2.65. The van der Waals surface area contributed by atoms with Gasteiger partial charge in [-0.2, -0.15) is 0 Å². The molecule has 5 heteroatoms. The summed E-state index contributed by atoms with van der Waals surface area (Å²) in [5, 5.41) is 13.5. The molecule has 1 fully saturated rings. The third kappa shape index (κ3) is 3.69. The summed E-state index contributed by atoms with van der Waals surface area (Å²) < 4.78 is 0. The number of carbonyl (C=O) groups is 1. The van der Waals surface area contributed by atoms with Crippen LogP contribution in [0.2, 0.25) is 5.02 Å². The second-order valence-electron chi connectivity index (χ2n) is 5.98. The summed E-state index contributed by atoms with van der Waals surface area (Å²) in [6.07, 6.45) is 2.05. The molecule has 1 aromatic rings. The number of hydrogen-bond acceptors (Lipinski definition) is 3. The lowest BCUT2D eigenvalue weighted by Gasteiger charge is -2.31. The molecule has 1 heterocycles. The summed E-state index contributed by atoms with van der Waals surface area (Å²) in [5.74, 6) is -0.798. The van der Waals surface area contributed by atoms with Crippen LogP contribution in [-0.4, -0.2) is 40.6 Å². The first-order valence-corrected chi connectivity index (χ1v) is 7.82. The second kappa shape index (κ2) is 6.67. The summed E-state index contributed by atoms with van der Waals surface area (Å²) in [6.45, 7) is 6.02. The quantitative estimate of drug-likeness (QED) is 0.894. The van der Waals surface area contributed by atoms with Crippen LogP contribution in [-0.2, 0) is 4.79 Å². The topological polar surface area (TPSA) is 52.6 Å². The number of para-hydroxylation sites is 1. The number of aliphatic carboxylic acids is 1. The first kappa shape index (κ1) is 16.1. The number of nitrogens with one attached hydrogen (secondary N) is 1. The minimum Gasteiger partial charge on any atom is -0.480 e. The number of halogens is 1. The van der Waals surface area contributed by atoms with Gasteiger partial charge in [-0.05, 0) is 51.8 Å². The Labute approximate surface area is 131 Å². The van der Waals surface area contributed by atoms with E-state index in [1.165, 1.54) is 0 Å². The van der Waals surface area contributed by atoms with Crippen LogP contribution in [0.15, 0.2) is 24.3 Å². The summed E-state index contributed by atoms with van der Waals surface area (Å²) in [4.78, 5) is 14.2. The van der Waals surface area contributed by atoms with Gasteiger partial charge in [0.2, 0.25) is 0 Å². The Kier molecular flexibility index (Phi) is 5.12. The van der Waals surface area contributed by atoms with Crippen molar-refractivity contribution in [2.75, 3.05) is 18.4 Å². The van der Waals surface area contributed by atoms with E-state index in [0.29, 0.717) is 29.6 Å². The first-order chi connectivity index (χ1) is 9.94. The Morgan fingerprint density at radius 1 is 1.33 bits per heavy atom. The van der Waals surface area contributed by atoms with Crippen LogP contribution in [0.4, 0.5) is 5.69 Å². The highest BCUT2D eigenvalue weighted by Gasteiger charge is 2.40. The van der Waals surface area contributed by atoms with Crippen molar-refractivity contribution in [3.63, 3.8) is 0 Å². The number of nitrogens with zero attached hydrogens (tertiary/aromatic N) is 1. The third-order valence-corrected chi connectivity index (χ3v) is 4.59. The molecule has 1 aromatic carbocycles. The molecule has 0 aliphatic carbocycles. The summed E-state index contributed by atoms with van der Waals surface area (Å²) in [7, 11) is 0. The van der Waals surface area contributed by atoms with Gasteiger partial charge in [0.1, 0.15) is 5.54 Å². The van der Waals surface area contributed by atoms with Gasteiger partial charge < -0.3 is 15.3 Å². The monoisotopic (exact) mass is 310 g/mol.